The number of hydrogen-bond acceptors (Lipinski definition) is 9. The van der Waals surface area contributed by atoms with E-state index in [0.717, 1.165) is 0 Å². The Kier molecular flexibility index (Phi) is 7.02. The van der Waals surface area contributed by atoms with E-state index in [9.17, 15) is 9.59 Å². The second-order valence-electron chi connectivity index (χ2n) is 4.66. The van der Waals surface area contributed by atoms with Crippen molar-refractivity contribution in [3.05, 3.63) is 24.3 Å². The summed E-state index contributed by atoms with van der Waals surface area (Å²) < 4.78 is 15.7. The summed E-state index contributed by atoms with van der Waals surface area (Å²) in [5.41, 5.74) is 0. The number of amides is 1. The van der Waals surface area contributed by atoms with Gasteiger partial charge in [-0.1, -0.05) is 23.1 Å². The van der Waals surface area contributed by atoms with Gasteiger partial charge in [0.25, 0.3) is 5.91 Å². The topological polar surface area (TPSA) is 99.6 Å². The van der Waals surface area contributed by atoms with Gasteiger partial charge in [-0.15, -0.1) is 10.2 Å². The van der Waals surface area contributed by atoms with Gasteiger partial charge in [0.05, 0.1) is 20.0 Å². The summed E-state index contributed by atoms with van der Waals surface area (Å²) in [6, 6.07) is 6.93. The first-order valence-corrected chi connectivity index (χ1v) is 8.96. The van der Waals surface area contributed by atoms with Gasteiger partial charge in [-0.25, -0.2) is 0 Å². The predicted molar refractivity (Wildman–Crippen MR) is 94.4 cm³/mol. The Hall–Kier alpha value is -2.33. The summed E-state index contributed by atoms with van der Waals surface area (Å²) in [5, 5.41) is 10.7. The smallest absolute Gasteiger partial charge is 0.316 e. The number of aromatic nitrogens is 2. The third-order valence-electron chi connectivity index (χ3n) is 2.92. The molecule has 8 nitrogen and oxygen atoms in total. The molecule has 2 rings (SSSR count). The Morgan fingerprint density at radius 2 is 1.88 bits per heavy atom. The fourth-order valence-electron chi connectivity index (χ4n) is 1.62. The molecule has 0 bridgehead atoms. The highest BCUT2D eigenvalue weighted by Crippen LogP contribution is 2.25. The largest absolute Gasteiger partial charge is 0.497 e. The zero-order valence-electron chi connectivity index (χ0n) is 13.8. The quantitative estimate of drug-likeness (QED) is 0.421. The number of methoxy groups -OCH3 is 2. The average molecular weight is 383 g/mol. The van der Waals surface area contributed by atoms with Crippen LogP contribution in [0.1, 0.15) is 6.92 Å². The molecule has 1 N–H and O–H groups in total. The first-order chi connectivity index (χ1) is 12.0. The van der Waals surface area contributed by atoms with E-state index in [1.165, 1.54) is 30.2 Å². The number of thioether (sulfide) groups is 1. The fraction of sp³-hybridized carbons (Fsp3) is 0.333. The minimum absolute atomic E-state index is 0.135. The number of anilines is 1. The molecule has 0 aliphatic heterocycles. The van der Waals surface area contributed by atoms with Gasteiger partial charge in [0.1, 0.15) is 11.5 Å². The highest BCUT2D eigenvalue weighted by molar-refractivity contribution is 8.01. The van der Waals surface area contributed by atoms with Crippen molar-refractivity contribution in [2.24, 2.45) is 0 Å². The molecule has 0 saturated heterocycles. The van der Waals surface area contributed by atoms with E-state index in [0.29, 0.717) is 21.0 Å². The molecule has 0 aliphatic rings. The Morgan fingerprint density at radius 1 is 1.20 bits per heavy atom. The second kappa shape index (κ2) is 9.23. The Morgan fingerprint density at radius 3 is 2.52 bits per heavy atom. The van der Waals surface area contributed by atoms with E-state index in [4.69, 9.17) is 9.47 Å². The van der Waals surface area contributed by atoms with Gasteiger partial charge in [-0.2, -0.15) is 0 Å². The van der Waals surface area contributed by atoms with E-state index in [1.807, 2.05) is 0 Å². The average Bonchev–Trinajstić information content (AvgIpc) is 3.07. The van der Waals surface area contributed by atoms with Crippen molar-refractivity contribution in [2.75, 3.05) is 25.3 Å². The van der Waals surface area contributed by atoms with Crippen molar-refractivity contribution in [2.45, 2.75) is 17.4 Å². The lowest BCUT2D eigenvalue weighted by atomic mass is 10.3. The monoisotopic (exact) mass is 383 g/mol. The van der Waals surface area contributed by atoms with Crippen molar-refractivity contribution in [3.63, 3.8) is 0 Å². The molecule has 1 aromatic heterocycles. The lowest BCUT2D eigenvalue weighted by Crippen LogP contribution is -2.30. The van der Waals surface area contributed by atoms with Crippen LogP contribution in [-0.4, -0.2) is 48.2 Å². The number of esters is 1. The van der Waals surface area contributed by atoms with Crippen LogP contribution in [-0.2, 0) is 14.3 Å². The molecule has 10 heteroatoms. The predicted octanol–water partition coefficient (Wildman–Crippen LogP) is 2.22. The van der Waals surface area contributed by atoms with Gasteiger partial charge >= 0.3 is 5.97 Å². The van der Waals surface area contributed by atoms with Crippen LogP contribution in [0.2, 0.25) is 0 Å². The van der Waals surface area contributed by atoms with Crippen molar-refractivity contribution >= 4 is 40.1 Å². The Balaban J connectivity index is 1.85. The molecular formula is C15H17N3O5S2. The maximum atomic E-state index is 12.2. The van der Waals surface area contributed by atoms with E-state index in [1.54, 1.807) is 38.3 Å². The highest BCUT2D eigenvalue weighted by atomic mass is 32.2. The minimum atomic E-state index is -0.719. The summed E-state index contributed by atoms with van der Waals surface area (Å²) in [7, 11) is 2.89. The highest BCUT2D eigenvalue weighted by Gasteiger charge is 2.17. The number of carbonyl (C=O) groups is 2. The van der Waals surface area contributed by atoms with Crippen LogP contribution in [0.3, 0.4) is 0 Å². The molecule has 1 aromatic carbocycles. The van der Waals surface area contributed by atoms with Gasteiger partial charge in [-0.3, -0.25) is 14.9 Å². The van der Waals surface area contributed by atoms with Gasteiger partial charge < -0.3 is 14.2 Å². The number of carbonyl (C=O) groups excluding carboxylic acids is 2. The van der Waals surface area contributed by atoms with Crippen LogP contribution < -0.4 is 14.8 Å². The van der Waals surface area contributed by atoms with E-state index in [2.05, 4.69) is 20.3 Å². The summed E-state index contributed by atoms with van der Waals surface area (Å²) >= 11 is 2.36. The number of rotatable bonds is 8. The number of benzene rings is 1. The van der Waals surface area contributed by atoms with Crippen molar-refractivity contribution in [3.8, 4) is 11.5 Å². The van der Waals surface area contributed by atoms with E-state index < -0.39 is 6.10 Å². The lowest BCUT2D eigenvalue weighted by molar-refractivity contribution is -0.137. The first-order valence-electron chi connectivity index (χ1n) is 7.16. The van der Waals surface area contributed by atoms with Crippen LogP contribution >= 0.6 is 23.1 Å². The van der Waals surface area contributed by atoms with Crippen molar-refractivity contribution in [1.29, 1.82) is 0 Å². The molecule has 25 heavy (non-hydrogen) atoms. The number of nitrogens with one attached hydrogen (secondary N) is 1. The molecule has 0 saturated carbocycles. The summed E-state index contributed by atoms with van der Waals surface area (Å²) in [6.45, 7) is 1.63. The first kappa shape index (κ1) is 19.0. The molecule has 2 aromatic rings. The third kappa shape index (κ3) is 5.91. The number of ether oxygens (including phenoxy) is 3. The summed E-state index contributed by atoms with van der Waals surface area (Å²) in [4.78, 5) is 23.3. The molecule has 0 aliphatic carbocycles. The van der Waals surface area contributed by atoms with Gasteiger partial charge in [0.2, 0.25) is 5.13 Å². The number of nitrogens with zero attached hydrogens (tertiary/aromatic N) is 2. The second-order valence-corrected chi connectivity index (χ2v) is 6.86. The van der Waals surface area contributed by atoms with Gasteiger partial charge in [0, 0.05) is 0 Å². The zero-order valence-corrected chi connectivity index (χ0v) is 15.5. The van der Waals surface area contributed by atoms with Crippen LogP contribution in [0.4, 0.5) is 5.13 Å². The normalized spacial score (nSPS) is 11.5. The zero-order chi connectivity index (χ0) is 18.2. The molecule has 1 amide bonds. The third-order valence-corrected chi connectivity index (χ3v) is 4.86. The molecule has 134 valence electrons. The van der Waals surface area contributed by atoms with E-state index >= 15 is 0 Å². The molecule has 1 heterocycles. The standard InChI is InChI=1S/C15H17N3O5S2/c1-9(23-11-6-4-10(21-2)5-7-11)13(20)16-14-17-18-15(25-14)24-8-12(19)22-3/h4-7,9H,8H2,1-3H3,(H,16,17,20)/t9-/m1/s1. The van der Waals surface area contributed by atoms with Crippen LogP contribution in [0.15, 0.2) is 28.6 Å². The molecule has 0 fully saturated rings. The van der Waals surface area contributed by atoms with Crippen LogP contribution in [0, 0.1) is 0 Å². The molecule has 0 radical (unpaired) electrons. The molecule has 0 spiro atoms. The van der Waals surface area contributed by atoms with Crippen molar-refractivity contribution in [1.82, 2.24) is 10.2 Å². The summed E-state index contributed by atoms with van der Waals surface area (Å²) in [5.74, 6) is 0.685. The van der Waals surface area contributed by atoms with E-state index in [-0.39, 0.29) is 17.6 Å². The SMILES string of the molecule is COC(=O)CSc1nnc(NC(=O)[C@@H](C)Oc2ccc(OC)cc2)s1. The Bertz CT molecular complexity index is 720. The fourth-order valence-corrected chi connectivity index (χ4v) is 3.20. The van der Waals surface area contributed by atoms with Gasteiger partial charge in [0.15, 0.2) is 10.4 Å². The maximum Gasteiger partial charge on any atom is 0.316 e. The Labute approximate surface area is 152 Å². The number of hydrogen-bond donors (Lipinski definition) is 1. The van der Waals surface area contributed by atoms with Crippen LogP contribution in [0.25, 0.3) is 0 Å². The molecular weight excluding hydrogens is 366 g/mol. The van der Waals surface area contributed by atoms with Crippen molar-refractivity contribution < 1.29 is 23.8 Å². The van der Waals surface area contributed by atoms with Crippen LogP contribution in [0.5, 0.6) is 11.5 Å². The van der Waals surface area contributed by atoms with Gasteiger partial charge in [-0.05, 0) is 31.2 Å². The minimum Gasteiger partial charge on any atom is -0.497 e. The molecule has 0 unspecified atom stereocenters. The lowest BCUT2D eigenvalue weighted by Gasteiger charge is -2.13. The maximum absolute atomic E-state index is 12.2. The molecule has 1 atom stereocenters. The summed E-state index contributed by atoms with van der Waals surface area (Å²) in [6.07, 6.45) is -0.719.